The molecule has 0 aliphatic carbocycles. The quantitative estimate of drug-likeness (QED) is 0.884. The molecule has 2 atom stereocenters. The number of aliphatic hydroxyl groups excluding tert-OH is 2. The predicted octanol–water partition coefficient (Wildman–Crippen LogP) is 1.81. The van der Waals surface area contributed by atoms with Crippen molar-refractivity contribution in [2.24, 2.45) is 0 Å². The minimum absolute atomic E-state index is 0.141. The average Bonchev–Trinajstić information content (AvgIpc) is 2.70. The summed E-state index contributed by atoms with van der Waals surface area (Å²) >= 11 is 0. The van der Waals surface area contributed by atoms with Gasteiger partial charge in [-0.2, -0.15) is 13.2 Å². The van der Waals surface area contributed by atoms with Crippen LogP contribution in [0.2, 0.25) is 0 Å². The molecule has 2 N–H and O–H groups in total. The summed E-state index contributed by atoms with van der Waals surface area (Å²) in [7, 11) is 0. The molecule has 1 aliphatic rings. The summed E-state index contributed by atoms with van der Waals surface area (Å²) in [5, 5.41) is 18.6. The van der Waals surface area contributed by atoms with Gasteiger partial charge >= 0.3 is 6.18 Å². The van der Waals surface area contributed by atoms with Crippen LogP contribution in [-0.4, -0.2) is 40.9 Å². The van der Waals surface area contributed by atoms with E-state index in [0.717, 1.165) is 6.07 Å². The van der Waals surface area contributed by atoms with Crippen LogP contribution in [0.3, 0.4) is 0 Å². The zero-order valence-electron chi connectivity index (χ0n) is 10.3. The van der Waals surface area contributed by atoms with Crippen LogP contribution in [0.5, 0.6) is 0 Å². The Morgan fingerprint density at radius 2 is 1.95 bits per heavy atom. The number of likely N-dealkylation sites (tertiary alicyclic amines) is 1. The molecule has 3 nitrogen and oxygen atoms in total. The number of hydrogen-bond donors (Lipinski definition) is 2. The summed E-state index contributed by atoms with van der Waals surface area (Å²) in [5.41, 5.74) is -0.503. The van der Waals surface area contributed by atoms with Crippen LogP contribution < -0.4 is 0 Å². The van der Waals surface area contributed by atoms with Crippen molar-refractivity contribution in [3.63, 3.8) is 0 Å². The molecule has 1 aromatic rings. The van der Waals surface area contributed by atoms with Crippen molar-refractivity contribution < 1.29 is 23.4 Å². The summed E-state index contributed by atoms with van der Waals surface area (Å²) in [6.45, 7) is 0.405. The van der Waals surface area contributed by atoms with Gasteiger partial charge < -0.3 is 10.2 Å². The maximum atomic E-state index is 13.0. The summed E-state index contributed by atoms with van der Waals surface area (Å²) in [6.07, 6.45) is -4.81. The van der Waals surface area contributed by atoms with Crippen molar-refractivity contribution in [3.8, 4) is 0 Å². The third-order valence-corrected chi connectivity index (χ3v) is 3.39. The molecule has 1 fully saturated rings. The number of β-amino-alcohol motifs (C(OH)–C–C–N with tert-alkyl or cyclic N) is 2. The van der Waals surface area contributed by atoms with Crippen LogP contribution in [0.1, 0.15) is 23.6 Å². The number of halogens is 3. The molecule has 0 saturated carbocycles. The maximum Gasteiger partial charge on any atom is 0.416 e. The van der Waals surface area contributed by atoms with E-state index in [1.54, 1.807) is 11.0 Å². The molecule has 6 heteroatoms. The van der Waals surface area contributed by atoms with Gasteiger partial charge in [-0.3, -0.25) is 4.90 Å². The van der Waals surface area contributed by atoms with Gasteiger partial charge in [0.15, 0.2) is 0 Å². The van der Waals surface area contributed by atoms with Crippen molar-refractivity contribution in [1.82, 2.24) is 4.90 Å². The Labute approximate surface area is 109 Å². The monoisotopic (exact) mass is 275 g/mol. The lowest BCUT2D eigenvalue weighted by Crippen LogP contribution is -2.29. The topological polar surface area (TPSA) is 43.7 Å². The molecule has 0 amide bonds. The Hall–Kier alpha value is -1.11. The minimum Gasteiger partial charge on any atom is -0.395 e. The number of hydrogen-bond acceptors (Lipinski definition) is 3. The molecule has 0 radical (unpaired) electrons. The first kappa shape index (κ1) is 14.3. The van der Waals surface area contributed by atoms with Crippen LogP contribution in [0.25, 0.3) is 0 Å². The first-order valence-electron chi connectivity index (χ1n) is 6.12. The van der Waals surface area contributed by atoms with Gasteiger partial charge in [-0.15, -0.1) is 0 Å². The fourth-order valence-electron chi connectivity index (χ4n) is 2.62. The fraction of sp³-hybridized carbons (Fsp3) is 0.538. The van der Waals surface area contributed by atoms with E-state index in [9.17, 15) is 18.3 Å². The van der Waals surface area contributed by atoms with E-state index in [2.05, 4.69) is 0 Å². The van der Waals surface area contributed by atoms with Crippen molar-refractivity contribution in [3.05, 3.63) is 35.4 Å². The number of alkyl halides is 3. The van der Waals surface area contributed by atoms with Gasteiger partial charge in [0.2, 0.25) is 0 Å². The molecule has 2 rings (SSSR count). The van der Waals surface area contributed by atoms with Crippen molar-refractivity contribution in [2.45, 2.75) is 24.7 Å². The highest BCUT2D eigenvalue weighted by molar-refractivity contribution is 5.33. The SMILES string of the molecule is OCCN1C[C@H](O)C[C@@H]1c1ccccc1C(F)(F)F. The molecule has 1 heterocycles. The highest BCUT2D eigenvalue weighted by Crippen LogP contribution is 2.40. The molecular weight excluding hydrogens is 259 g/mol. The van der Waals surface area contributed by atoms with E-state index in [1.807, 2.05) is 0 Å². The van der Waals surface area contributed by atoms with Crippen molar-refractivity contribution in [2.75, 3.05) is 19.7 Å². The number of benzene rings is 1. The normalized spacial score (nSPS) is 24.9. The molecule has 1 aliphatic heterocycles. The van der Waals surface area contributed by atoms with Gasteiger partial charge in [0, 0.05) is 19.1 Å². The second kappa shape index (κ2) is 5.48. The Morgan fingerprint density at radius 3 is 2.58 bits per heavy atom. The second-order valence-corrected chi connectivity index (χ2v) is 4.71. The van der Waals surface area contributed by atoms with Crippen LogP contribution in [0.15, 0.2) is 24.3 Å². The van der Waals surface area contributed by atoms with E-state index in [0.29, 0.717) is 0 Å². The zero-order valence-corrected chi connectivity index (χ0v) is 10.3. The van der Waals surface area contributed by atoms with Crippen molar-refractivity contribution >= 4 is 0 Å². The second-order valence-electron chi connectivity index (χ2n) is 4.71. The first-order chi connectivity index (χ1) is 8.93. The Kier molecular flexibility index (Phi) is 4.13. The standard InChI is InChI=1S/C13H16F3NO2/c14-13(15,16)11-4-2-1-3-10(11)12-7-9(19)8-17(12)5-6-18/h1-4,9,12,18-19H,5-8H2/t9-,12-/m1/s1. The largest absolute Gasteiger partial charge is 0.416 e. The van der Waals surface area contributed by atoms with E-state index < -0.39 is 23.9 Å². The molecular formula is C13H16F3NO2. The van der Waals surface area contributed by atoms with Gasteiger partial charge in [0.05, 0.1) is 18.3 Å². The Morgan fingerprint density at radius 1 is 1.26 bits per heavy atom. The molecule has 0 unspecified atom stereocenters. The van der Waals surface area contributed by atoms with Crippen LogP contribution in [0.4, 0.5) is 13.2 Å². The average molecular weight is 275 g/mol. The third kappa shape index (κ3) is 3.08. The predicted molar refractivity (Wildman–Crippen MR) is 63.5 cm³/mol. The van der Waals surface area contributed by atoms with Gasteiger partial charge in [-0.25, -0.2) is 0 Å². The lowest BCUT2D eigenvalue weighted by molar-refractivity contribution is -0.138. The van der Waals surface area contributed by atoms with Gasteiger partial charge in [-0.1, -0.05) is 18.2 Å². The molecule has 19 heavy (non-hydrogen) atoms. The molecule has 0 bridgehead atoms. The lowest BCUT2D eigenvalue weighted by Gasteiger charge is -2.26. The van der Waals surface area contributed by atoms with Crippen LogP contribution in [-0.2, 0) is 6.18 Å². The van der Waals surface area contributed by atoms with Crippen molar-refractivity contribution in [1.29, 1.82) is 0 Å². The summed E-state index contributed by atoms with van der Waals surface area (Å²) in [4.78, 5) is 1.69. The minimum atomic E-state index is -4.41. The summed E-state index contributed by atoms with van der Waals surface area (Å²) < 4.78 is 38.9. The van der Waals surface area contributed by atoms with E-state index in [1.165, 1.54) is 12.1 Å². The van der Waals surface area contributed by atoms with Gasteiger partial charge in [0.1, 0.15) is 0 Å². The van der Waals surface area contributed by atoms with E-state index in [-0.39, 0.29) is 31.7 Å². The number of aliphatic hydroxyl groups is 2. The smallest absolute Gasteiger partial charge is 0.395 e. The first-order valence-corrected chi connectivity index (χ1v) is 6.12. The third-order valence-electron chi connectivity index (χ3n) is 3.39. The van der Waals surface area contributed by atoms with E-state index >= 15 is 0 Å². The summed E-state index contributed by atoms with van der Waals surface area (Å²) in [6, 6.07) is 4.91. The highest BCUT2D eigenvalue weighted by Gasteiger charge is 2.39. The Bertz CT molecular complexity index is 436. The lowest BCUT2D eigenvalue weighted by atomic mass is 9.97. The van der Waals surface area contributed by atoms with E-state index in [4.69, 9.17) is 5.11 Å². The number of rotatable bonds is 3. The molecule has 0 aromatic heterocycles. The van der Waals surface area contributed by atoms with Crippen LogP contribution in [0, 0.1) is 0 Å². The molecule has 106 valence electrons. The number of nitrogens with zero attached hydrogens (tertiary/aromatic N) is 1. The van der Waals surface area contributed by atoms with Crippen LogP contribution >= 0.6 is 0 Å². The molecule has 1 aromatic carbocycles. The highest BCUT2D eigenvalue weighted by atomic mass is 19.4. The molecule has 1 saturated heterocycles. The zero-order chi connectivity index (χ0) is 14.0. The van der Waals surface area contributed by atoms with Gasteiger partial charge in [-0.05, 0) is 18.1 Å². The van der Waals surface area contributed by atoms with Gasteiger partial charge in [0.25, 0.3) is 0 Å². The fourth-order valence-corrected chi connectivity index (χ4v) is 2.62. The Balaban J connectivity index is 2.35. The maximum absolute atomic E-state index is 13.0. The summed E-state index contributed by atoms with van der Waals surface area (Å²) in [5.74, 6) is 0. The molecule has 0 spiro atoms.